The van der Waals surface area contributed by atoms with Crippen molar-refractivity contribution in [1.82, 2.24) is 0 Å². The van der Waals surface area contributed by atoms with Gasteiger partial charge < -0.3 is 14.9 Å². The van der Waals surface area contributed by atoms with E-state index >= 15 is 0 Å². The highest BCUT2D eigenvalue weighted by molar-refractivity contribution is 6.32. The maximum Gasteiger partial charge on any atom is 0.306 e. The van der Waals surface area contributed by atoms with Crippen LogP contribution in [0.25, 0.3) is 0 Å². The number of hydrogen-bond donors (Lipinski definition) is 2. The zero-order valence-electron chi connectivity index (χ0n) is 11.4. The van der Waals surface area contributed by atoms with Crippen LogP contribution in [0.3, 0.4) is 0 Å². The number of ether oxygens (including phenoxy) is 1. The predicted octanol–water partition coefficient (Wildman–Crippen LogP) is 3.03. The molecule has 0 aliphatic heterocycles. The quantitative estimate of drug-likeness (QED) is 0.896. The van der Waals surface area contributed by atoms with Crippen molar-refractivity contribution < 1.29 is 19.7 Å². The third-order valence-electron chi connectivity index (χ3n) is 3.85. The first-order valence-electron chi connectivity index (χ1n) is 6.74. The van der Waals surface area contributed by atoms with Gasteiger partial charge in [0.05, 0.1) is 16.5 Å². The molecule has 4 nitrogen and oxygen atoms in total. The predicted molar refractivity (Wildman–Crippen MR) is 76.2 cm³/mol. The molecule has 0 spiro atoms. The van der Waals surface area contributed by atoms with E-state index in [1.54, 1.807) is 6.07 Å². The van der Waals surface area contributed by atoms with Gasteiger partial charge in [0, 0.05) is 0 Å². The van der Waals surface area contributed by atoms with Gasteiger partial charge in [0.2, 0.25) is 0 Å². The van der Waals surface area contributed by atoms with Gasteiger partial charge in [-0.1, -0.05) is 17.7 Å². The van der Waals surface area contributed by atoms with E-state index in [4.69, 9.17) is 21.4 Å². The molecular weight excluding hydrogens is 280 g/mol. The molecule has 5 heteroatoms. The maximum absolute atomic E-state index is 10.9. The van der Waals surface area contributed by atoms with E-state index in [0.717, 1.165) is 5.56 Å². The van der Waals surface area contributed by atoms with Crippen molar-refractivity contribution in [2.45, 2.75) is 38.2 Å². The molecule has 1 aromatic carbocycles. The third-order valence-corrected chi connectivity index (χ3v) is 4.16. The molecule has 1 aliphatic rings. The minimum atomic E-state index is -0.959. The molecule has 1 fully saturated rings. The molecule has 0 unspecified atom stereocenters. The van der Waals surface area contributed by atoms with Gasteiger partial charge in [-0.15, -0.1) is 0 Å². The normalized spacial score (nSPS) is 26.2. The number of rotatable bonds is 4. The number of carbonyl (C=O) groups is 1. The van der Waals surface area contributed by atoms with Crippen LogP contribution in [0, 0.1) is 12.8 Å². The Balaban J connectivity index is 1.94. The molecule has 1 saturated carbocycles. The Morgan fingerprint density at radius 2 is 2.10 bits per heavy atom. The second kappa shape index (κ2) is 6.02. The van der Waals surface area contributed by atoms with Crippen molar-refractivity contribution in [1.29, 1.82) is 0 Å². The molecule has 0 amide bonds. The molecule has 0 atom stereocenters. The van der Waals surface area contributed by atoms with Crippen LogP contribution in [0.15, 0.2) is 18.2 Å². The van der Waals surface area contributed by atoms with Gasteiger partial charge in [0.25, 0.3) is 0 Å². The van der Waals surface area contributed by atoms with Crippen molar-refractivity contribution in [2.75, 3.05) is 6.61 Å². The maximum atomic E-state index is 10.9. The van der Waals surface area contributed by atoms with Crippen molar-refractivity contribution >= 4 is 17.6 Å². The van der Waals surface area contributed by atoms with Gasteiger partial charge in [0.15, 0.2) is 0 Å². The Hall–Kier alpha value is -1.26. The number of hydrogen-bond acceptors (Lipinski definition) is 3. The van der Waals surface area contributed by atoms with Crippen LogP contribution in [0.4, 0.5) is 0 Å². The van der Waals surface area contributed by atoms with Crippen molar-refractivity contribution in [3.8, 4) is 5.75 Å². The Morgan fingerprint density at radius 1 is 1.45 bits per heavy atom. The minimum absolute atomic E-state index is 0.141. The number of carboxylic acid groups (broad SMARTS) is 1. The summed E-state index contributed by atoms with van der Waals surface area (Å²) in [4.78, 5) is 10.9. The highest BCUT2D eigenvalue weighted by atomic mass is 35.5. The summed E-state index contributed by atoms with van der Waals surface area (Å²) in [7, 11) is 0. The zero-order chi connectivity index (χ0) is 14.8. The largest absolute Gasteiger partial charge is 0.489 e. The topological polar surface area (TPSA) is 66.8 Å². The van der Waals surface area contributed by atoms with Gasteiger partial charge in [-0.05, 0) is 50.3 Å². The summed E-state index contributed by atoms with van der Waals surface area (Å²) >= 11 is 6.04. The van der Waals surface area contributed by atoms with Crippen molar-refractivity contribution in [2.24, 2.45) is 5.92 Å². The molecule has 110 valence electrons. The Labute approximate surface area is 123 Å². The van der Waals surface area contributed by atoms with Crippen LogP contribution in [0.5, 0.6) is 5.75 Å². The highest BCUT2D eigenvalue weighted by Gasteiger charge is 2.36. The summed E-state index contributed by atoms with van der Waals surface area (Å²) in [6, 6.07) is 5.48. The van der Waals surface area contributed by atoms with E-state index < -0.39 is 11.6 Å². The minimum Gasteiger partial charge on any atom is -0.489 e. The summed E-state index contributed by atoms with van der Waals surface area (Å²) in [6.07, 6.45) is 1.84. The van der Waals surface area contributed by atoms with Gasteiger partial charge in [-0.25, -0.2) is 0 Å². The number of aliphatic carboxylic acids is 1. The average molecular weight is 299 g/mol. The van der Waals surface area contributed by atoms with Gasteiger partial charge in [-0.2, -0.15) is 0 Å². The van der Waals surface area contributed by atoms with Crippen LogP contribution < -0.4 is 4.74 Å². The molecule has 20 heavy (non-hydrogen) atoms. The molecule has 2 N–H and O–H groups in total. The third kappa shape index (κ3) is 3.64. The lowest BCUT2D eigenvalue weighted by molar-refractivity contribution is -0.145. The first-order chi connectivity index (χ1) is 9.39. The van der Waals surface area contributed by atoms with Crippen LogP contribution in [0.2, 0.25) is 5.02 Å². The van der Waals surface area contributed by atoms with Gasteiger partial charge in [-0.3, -0.25) is 4.79 Å². The first-order valence-corrected chi connectivity index (χ1v) is 7.11. The Kier molecular flexibility index (Phi) is 4.55. The van der Waals surface area contributed by atoms with E-state index in [9.17, 15) is 9.90 Å². The summed E-state index contributed by atoms with van der Waals surface area (Å²) in [5.41, 5.74) is 0.0740. The first kappa shape index (κ1) is 15.1. The lowest BCUT2D eigenvalue weighted by atomic mass is 9.79. The molecule has 0 saturated heterocycles. The smallest absolute Gasteiger partial charge is 0.306 e. The lowest BCUT2D eigenvalue weighted by Gasteiger charge is -2.34. The monoisotopic (exact) mass is 298 g/mol. The standard InChI is InChI=1S/C15H19ClO4/c1-10-2-3-12(16)13(8-10)20-9-15(19)6-4-11(5-7-15)14(17)18/h2-3,8,11,19H,4-7,9H2,1H3,(H,17,18). The van der Waals surface area contributed by atoms with Gasteiger partial charge >= 0.3 is 5.97 Å². The van der Waals surface area contributed by atoms with E-state index in [-0.39, 0.29) is 12.5 Å². The molecule has 0 bridgehead atoms. The second-order valence-electron chi connectivity index (χ2n) is 5.56. The molecule has 1 aromatic rings. The molecule has 0 aromatic heterocycles. The summed E-state index contributed by atoms with van der Waals surface area (Å²) < 4.78 is 5.63. The Morgan fingerprint density at radius 3 is 2.70 bits per heavy atom. The van der Waals surface area contributed by atoms with E-state index in [2.05, 4.69) is 0 Å². The number of carboxylic acids is 1. The number of aryl methyl sites for hydroxylation is 1. The van der Waals surface area contributed by atoms with Crippen LogP contribution in [-0.4, -0.2) is 28.4 Å². The second-order valence-corrected chi connectivity index (χ2v) is 5.97. The fourth-order valence-electron chi connectivity index (χ4n) is 2.48. The van der Waals surface area contributed by atoms with Gasteiger partial charge in [0.1, 0.15) is 12.4 Å². The molecule has 1 aliphatic carbocycles. The Bertz CT molecular complexity index is 493. The van der Waals surface area contributed by atoms with Crippen molar-refractivity contribution in [3.63, 3.8) is 0 Å². The summed E-state index contributed by atoms with van der Waals surface area (Å²) in [5.74, 6) is -0.576. The highest BCUT2D eigenvalue weighted by Crippen LogP contribution is 2.34. The molecular formula is C15H19ClO4. The number of benzene rings is 1. The van der Waals surface area contributed by atoms with E-state index in [1.165, 1.54) is 0 Å². The number of halogens is 1. The van der Waals surface area contributed by atoms with Crippen LogP contribution in [-0.2, 0) is 4.79 Å². The fraction of sp³-hybridized carbons (Fsp3) is 0.533. The van der Waals surface area contributed by atoms with Crippen LogP contribution >= 0.6 is 11.6 Å². The molecule has 0 radical (unpaired) electrons. The number of aliphatic hydroxyl groups is 1. The van der Waals surface area contributed by atoms with E-state index in [0.29, 0.717) is 36.5 Å². The van der Waals surface area contributed by atoms with Crippen molar-refractivity contribution in [3.05, 3.63) is 28.8 Å². The van der Waals surface area contributed by atoms with E-state index in [1.807, 2.05) is 19.1 Å². The fourth-order valence-corrected chi connectivity index (χ4v) is 2.65. The SMILES string of the molecule is Cc1ccc(Cl)c(OCC2(O)CCC(C(=O)O)CC2)c1. The summed E-state index contributed by atoms with van der Waals surface area (Å²) in [5, 5.41) is 19.9. The molecule has 0 heterocycles. The summed E-state index contributed by atoms with van der Waals surface area (Å²) in [6.45, 7) is 2.08. The zero-order valence-corrected chi connectivity index (χ0v) is 12.2. The van der Waals surface area contributed by atoms with Crippen LogP contribution in [0.1, 0.15) is 31.2 Å². The molecule has 2 rings (SSSR count). The lowest BCUT2D eigenvalue weighted by Crippen LogP contribution is -2.41. The average Bonchev–Trinajstić information content (AvgIpc) is 2.40.